The molecule has 1 aliphatic heterocycles. The normalized spacial score (nSPS) is 16.2. The number of imidazole rings is 1. The Hall–Kier alpha value is -2.90. The maximum Gasteiger partial charge on any atom is 0.295 e. The lowest BCUT2D eigenvalue weighted by molar-refractivity contribution is 0.0940. The lowest BCUT2D eigenvalue weighted by atomic mass is 10.1. The summed E-state index contributed by atoms with van der Waals surface area (Å²) in [5, 5.41) is 3.45. The van der Waals surface area contributed by atoms with E-state index in [-0.39, 0.29) is 22.8 Å². The van der Waals surface area contributed by atoms with Crippen LogP contribution in [-0.2, 0) is 11.3 Å². The molecule has 0 radical (unpaired) electrons. The van der Waals surface area contributed by atoms with Crippen molar-refractivity contribution in [1.82, 2.24) is 19.3 Å². The molecular formula is C21H21ClN4O3. The Morgan fingerprint density at radius 2 is 2.28 bits per heavy atom. The van der Waals surface area contributed by atoms with Crippen molar-refractivity contribution in [3.05, 3.63) is 70.4 Å². The number of fused-ring (bicyclic) bond motifs is 1. The maximum absolute atomic E-state index is 13.1. The molecule has 3 heterocycles. The lowest BCUT2D eigenvalue weighted by Gasteiger charge is -2.12. The number of rotatable bonds is 6. The number of amides is 1. The van der Waals surface area contributed by atoms with Gasteiger partial charge in [-0.3, -0.25) is 18.6 Å². The van der Waals surface area contributed by atoms with Gasteiger partial charge in [0.25, 0.3) is 11.5 Å². The first-order valence-corrected chi connectivity index (χ1v) is 9.80. The largest absolute Gasteiger partial charge is 0.381 e. The first kappa shape index (κ1) is 19.4. The molecule has 1 aliphatic rings. The molecule has 0 bridgehead atoms. The van der Waals surface area contributed by atoms with E-state index in [0.29, 0.717) is 36.3 Å². The fourth-order valence-electron chi connectivity index (χ4n) is 3.45. The fraction of sp³-hybridized carbons (Fsp3) is 0.286. The fourth-order valence-corrected chi connectivity index (χ4v) is 3.64. The highest BCUT2D eigenvalue weighted by atomic mass is 35.5. The van der Waals surface area contributed by atoms with Gasteiger partial charge >= 0.3 is 0 Å². The molecule has 29 heavy (non-hydrogen) atoms. The van der Waals surface area contributed by atoms with Gasteiger partial charge in [-0.2, -0.15) is 0 Å². The third-order valence-corrected chi connectivity index (χ3v) is 5.20. The van der Waals surface area contributed by atoms with Crippen LogP contribution in [-0.4, -0.2) is 39.6 Å². The van der Waals surface area contributed by atoms with E-state index in [1.54, 1.807) is 39.6 Å². The molecule has 0 saturated carbocycles. The highest BCUT2D eigenvalue weighted by Gasteiger charge is 2.19. The number of halogens is 1. The molecule has 1 saturated heterocycles. The zero-order valence-corrected chi connectivity index (χ0v) is 16.6. The highest BCUT2D eigenvalue weighted by Crippen LogP contribution is 2.22. The minimum absolute atomic E-state index is 0.187. The standard InChI is InChI=1S/C21H21ClN4O3/c1-2-7-26-18(15-4-3-5-16(22)9-15)12-25-11-17(24-19(25)21(26)28)20(27)23-10-14-6-8-29-13-14/h2-5,9,11-12,14H,1,6-8,10,13H2,(H,23,27)/t14-/m1/s1. The second-order valence-electron chi connectivity index (χ2n) is 7.03. The Balaban J connectivity index is 1.72. The summed E-state index contributed by atoms with van der Waals surface area (Å²) in [5.41, 5.74) is 1.55. The first-order chi connectivity index (χ1) is 14.1. The van der Waals surface area contributed by atoms with Gasteiger partial charge in [0, 0.05) is 48.6 Å². The molecule has 7 nitrogen and oxygen atoms in total. The summed E-state index contributed by atoms with van der Waals surface area (Å²) >= 11 is 6.13. The number of nitrogens with one attached hydrogen (secondary N) is 1. The number of hydrogen-bond donors (Lipinski definition) is 1. The van der Waals surface area contributed by atoms with Gasteiger partial charge in [-0.25, -0.2) is 4.98 Å². The number of aromatic nitrogens is 3. The van der Waals surface area contributed by atoms with Crippen LogP contribution in [0.3, 0.4) is 0 Å². The topological polar surface area (TPSA) is 77.6 Å². The van der Waals surface area contributed by atoms with Crippen molar-refractivity contribution in [3.8, 4) is 11.3 Å². The average Bonchev–Trinajstić information content (AvgIpc) is 3.38. The summed E-state index contributed by atoms with van der Waals surface area (Å²) in [4.78, 5) is 29.9. The minimum Gasteiger partial charge on any atom is -0.381 e. The molecule has 8 heteroatoms. The predicted octanol–water partition coefficient (Wildman–Crippen LogP) is 2.77. The number of benzene rings is 1. The Labute approximate surface area is 172 Å². The number of hydrogen-bond acceptors (Lipinski definition) is 4. The second-order valence-corrected chi connectivity index (χ2v) is 7.46. The molecule has 0 aliphatic carbocycles. The number of allylic oxidation sites excluding steroid dienone is 1. The van der Waals surface area contributed by atoms with Crippen LogP contribution in [0.2, 0.25) is 5.02 Å². The van der Waals surface area contributed by atoms with Crippen molar-refractivity contribution >= 4 is 23.2 Å². The van der Waals surface area contributed by atoms with E-state index >= 15 is 0 Å². The Kier molecular flexibility index (Phi) is 5.51. The van der Waals surface area contributed by atoms with Crippen LogP contribution in [0.4, 0.5) is 0 Å². The van der Waals surface area contributed by atoms with E-state index in [1.807, 2.05) is 12.1 Å². The van der Waals surface area contributed by atoms with Crippen LogP contribution in [0, 0.1) is 5.92 Å². The molecule has 0 unspecified atom stereocenters. The van der Waals surface area contributed by atoms with Crippen LogP contribution in [0.15, 0.2) is 54.1 Å². The summed E-state index contributed by atoms with van der Waals surface area (Å²) in [6.07, 6.45) is 5.93. The van der Waals surface area contributed by atoms with Crippen LogP contribution in [0.5, 0.6) is 0 Å². The molecule has 1 aromatic carbocycles. The van der Waals surface area contributed by atoms with Crippen LogP contribution >= 0.6 is 11.6 Å². The van der Waals surface area contributed by atoms with E-state index in [1.165, 1.54) is 0 Å². The Morgan fingerprint density at radius 1 is 1.41 bits per heavy atom. The lowest BCUT2D eigenvalue weighted by Crippen LogP contribution is -2.29. The molecule has 1 atom stereocenters. The SMILES string of the molecule is C=CCn1c(-c2cccc(Cl)c2)cn2cc(C(=O)NC[C@H]3CCOC3)nc2c1=O. The van der Waals surface area contributed by atoms with Gasteiger partial charge in [0.05, 0.1) is 12.3 Å². The van der Waals surface area contributed by atoms with E-state index in [2.05, 4.69) is 16.9 Å². The zero-order chi connectivity index (χ0) is 20.4. The van der Waals surface area contributed by atoms with E-state index in [9.17, 15) is 9.59 Å². The average molecular weight is 413 g/mol. The number of nitrogens with zero attached hydrogens (tertiary/aromatic N) is 3. The zero-order valence-electron chi connectivity index (χ0n) is 15.8. The van der Waals surface area contributed by atoms with Crippen LogP contribution < -0.4 is 10.9 Å². The molecule has 1 fully saturated rings. The van der Waals surface area contributed by atoms with Crippen molar-refractivity contribution in [1.29, 1.82) is 0 Å². The Bertz CT molecular complexity index is 1130. The van der Waals surface area contributed by atoms with Crippen molar-refractivity contribution in [2.75, 3.05) is 19.8 Å². The van der Waals surface area contributed by atoms with Crippen molar-refractivity contribution < 1.29 is 9.53 Å². The first-order valence-electron chi connectivity index (χ1n) is 9.42. The summed E-state index contributed by atoms with van der Waals surface area (Å²) < 4.78 is 8.48. The number of ether oxygens (including phenoxy) is 1. The van der Waals surface area contributed by atoms with Crippen LogP contribution in [0.25, 0.3) is 16.9 Å². The van der Waals surface area contributed by atoms with Gasteiger partial charge in [-0.05, 0) is 18.6 Å². The molecule has 2 aromatic heterocycles. The monoisotopic (exact) mass is 412 g/mol. The number of carbonyl (C=O) groups excluding carboxylic acids is 1. The van der Waals surface area contributed by atoms with Gasteiger partial charge in [0.1, 0.15) is 5.69 Å². The van der Waals surface area contributed by atoms with E-state index in [4.69, 9.17) is 16.3 Å². The molecule has 3 aromatic rings. The van der Waals surface area contributed by atoms with Gasteiger partial charge in [-0.1, -0.05) is 29.8 Å². The van der Waals surface area contributed by atoms with E-state index in [0.717, 1.165) is 18.6 Å². The van der Waals surface area contributed by atoms with Gasteiger partial charge in [0.2, 0.25) is 5.65 Å². The third kappa shape index (κ3) is 3.97. The third-order valence-electron chi connectivity index (χ3n) is 4.96. The van der Waals surface area contributed by atoms with Crippen molar-refractivity contribution in [3.63, 3.8) is 0 Å². The van der Waals surface area contributed by atoms with Crippen molar-refractivity contribution in [2.24, 2.45) is 5.92 Å². The molecule has 4 rings (SSSR count). The quantitative estimate of drug-likeness (QED) is 0.631. The van der Waals surface area contributed by atoms with Crippen LogP contribution in [0.1, 0.15) is 16.9 Å². The summed E-state index contributed by atoms with van der Waals surface area (Å²) in [6, 6.07) is 7.26. The summed E-state index contributed by atoms with van der Waals surface area (Å²) in [5.74, 6) is 0.00908. The predicted molar refractivity (Wildman–Crippen MR) is 111 cm³/mol. The molecular weight excluding hydrogens is 392 g/mol. The molecule has 150 valence electrons. The maximum atomic E-state index is 13.1. The van der Waals surface area contributed by atoms with Gasteiger partial charge in [0.15, 0.2) is 0 Å². The highest BCUT2D eigenvalue weighted by molar-refractivity contribution is 6.30. The Morgan fingerprint density at radius 3 is 3.00 bits per heavy atom. The minimum atomic E-state index is -0.306. The molecule has 1 N–H and O–H groups in total. The molecule has 1 amide bonds. The second kappa shape index (κ2) is 8.23. The number of carbonyl (C=O) groups is 1. The van der Waals surface area contributed by atoms with Crippen molar-refractivity contribution in [2.45, 2.75) is 13.0 Å². The summed E-state index contributed by atoms with van der Waals surface area (Å²) in [7, 11) is 0. The van der Waals surface area contributed by atoms with Gasteiger partial charge in [-0.15, -0.1) is 6.58 Å². The summed E-state index contributed by atoms with van der Waals surface area (Å²) in [6.45, 7) is 5.96. The van der Waals surface area contributed by atoms with Gasteiger partial charge < -0.3 is 10.1 Å². The molecule has 0 spiro atoms. The smallest absolute Gasteiger partial charge is 0.295 e. The van der Waals surface area contributed by atoms with E-state index < -0.39 is 0 Å².